The highest BCUT2D eigenvalue weighted by Crippen LogP contribution is 2.29. The molecule has 1 fully saturated rings. The van der Waals surface area contributed by atoms with E-state index in [1.165, 1.54) is 0 Å². The number of nitrogens with zero attached hydrogens (tertiary/aromatic N) is 2. The second kappa shape index (κ2) is 8.77. The van der Waals surface area contributed by atoms with Gasteiger partial charge in [-0.2, -0.15) is 5.26 Å². The number of rotatable bonds is 7. The molecule has 1 aromatic rings. The highest BCUT2D eigenvalue weighted by atomic mass is 32.2. The molecule has 0 aromatic heterocycles. The van der Waals surface area contributed by atoms with Crippen molar-refractivity contribution in [2.24, 2.45) is 5.92 Å². The molecule has 27 heavy (non-hydrogen) atoms. The van der Waals surface area contributed by atoms with Crippen LogP contribution in [0.4, 0.5) is 11.4 Å². The Labute approximate surface area is 162 Å². The third-order valence-corrected chi connectivity index (χ3v) is 6.87. The summed E-state index contributed by atoms with van der Waals surface area (Å²) in [6, 6.07) is 8.24. The molecule has 2 aliphatic rings. The molecular weight excluding hydrogens is 360 g/mol. The molecule has 0 radical (unpaired) electrons. The predicted octanol–water partition coefficient (Wildman–Crippen LogP) is 3.19. The molecule has 3 rings (SSSR count). The van der Waals surface area contributed by atoms with Crippen LogP contribution in [0.2, 0.25) is 0 Å². The Bertz CT molecular complexity index is 821. The largest absolute Gasteiger partial charge is 0.385 e. The van der Waals surface area contributed by atoms with Crippen molar-refractivity contribution in [2.45, 2.75) is 45.1 Å². The van der Waals surface area contributed by atoms with Crippen LogP contribution in [-0.2, 0) is 10.0 Å². The molecule has 0 spiro atoms. The van der Waals surface area contributed by atoms with Crippen LogP contribution in [0.5, 0.6) is 0 Å². The number of anilines is 2. The van der Waals surface area contributed by atoms with E-state index >= 15 is 0 Å². The quantitative estimate of drug-likeness (QED) is 0.749. The van der Waals surface area contributed by atoms with Crippen LogP contribution in [0.3, 0.4) is 0 Å². The summed E-state index contributed by atoms with van der Waals surface area (Å²) in [4.78, 5) is 2.12. The molecule has 0 bridgehead atoms. The fraction of sp³-hybridized carbons (Fsp3) is 0.550. The monoisotopic (exact) mass is 388 g/mol. The smallest absolute Gasteiger partial charge is 0.211 e. The second-order valence-corrected chi connectivity index (χ2v) is 9.37. The second-order valence-electron chi connectivity index (χ2n) is 7.33. The van der Waals surface area contributed by atoms with Crippen molar-refractivity contribution in [1.82, 2.24) is 4.72 Å². The summed E-state index contributed by atoms with van der Waals surface area (Å²) in [5.74, 6) is 0.681. The van der Waals surface area contributed by atoms with Crippen molar-refractivity contribution < 1.29 is 8.42 Å². The van der Waals surface area contributed by atoms with Gasteiger partial charge >= 0.3 is 0 Å². The lowest BCUT2D eigenvalue weighted by molar-refractivity contribution is 0.324. The van der Waals surface area contributed by atoms with E-state index in [0.717, 1.165) is 56.6 Å². The molecule has 7 heteroatoms. The Morgan fingerprint density at radius 3 is 2.67 bits per heavy atom. The molecular formula is C20H28N4O2S. The molecule has 2 N–H and O–H groups in total. The van der Waals surface area contributed by atoms with Gasteiger partial charge in [0.25, 0.3) is 0 Å². The summed E-state index contributed by atoms with van der Waals surface area (Å²) in [6.45, 7) is 3.45. The highest BCUT2D eigenvalue weighted by molar-refractivity contribution is 7.89. The normalized spacial score (nSPS) is 22.6. The number of hydrogen-bond acceptors (Lipinski definition) is 5. The zero-order chi connectivity index (χ0) is 19.3. The zero-order valence-corrected chi connectivity index (χ0v) is 16.6. The molecule has 1 aliphatic heterocycles. The Morgan fingerprint density at radius 1 is 1.26 bits per heavy atom. The van der Waals surface area contributed by atoms with Crippen LogP contribution < -0.4 is 14.9 Å². The van der Waals surface area contributed by atoms with Gasteiger partial charge in [0.2, 0.25) is 10.0 Å². The van der Waals surface area contributed by atoms with E-state index in [-0.39, 0.29) is 11.8 Å². The third kappa shape index (κ3) is 5.24. The maximum atomic E-state index is 11.7. The minimum absolute atomic E-state index is 0.0784. The summed E-state index contributed by atoms with van der Waals surface area (Å²) in [7, 11) is -3.11. The maximum Gasteiger partial charge on any atom is 0.211 e. The Balaban J connectivity index is 1.53. The van der Waals surface area contributed by atoms with E-state index in [4.69, 9.17) is 0 Å². The standard InChI is InChI=1S/C20H28N4O2S/c1-2-27(25,26)23-18-8-5-16(6-9-18)15-22-19-10-7-17(14-21)20(13-19)24-11-3-4-12-24/h3,7,10-11,13,16,18,22-23H,2,4-6,8-9,12,15H2,1H3. The van der Waals surface area contributed by atoms with Gasteiger partial charge < -0.3 is 10.2 Å². The Morgan fingerprint density at radius 2 is 2.04 bits per heavy atom. The van der Waals surface area contributed by atoms with Gasteiger partial charge in [0, 0.05) is 31.0 Å². The van der Waals surface area contributed by atoms with Gasteiger partial charge in [0.1, 0.15) is 6.07 Å². The van der Waals surface area contributed by atoms with Gasteiger partial charge in [-0.25, -0.2) is 13.1 Å². The van der Waals surface area contributed by atoms with Crippen LogP contribution in [0, 0.1) is 17.2 Å². The summed E-state index contributed by atoms with van der Waals surface area (Å²) in [6.07, 6.45) is 8.98. The first-order valence-electron chi connectivity index (χ1n) is 9.72. The average Bonchev–Trinajstić information content (AvgIpc) is 3.21. The van der Waals surface area contributed by atoms with Gasteiger partial charge in [-0.15, -0.1) is 0 Å². The SMILES string of the molecule is CCS(=O)(=O)NC1CCC(CNc2ccc(C#N)c(N3C=CCC3)c2)CC1. The van der Waals surface area contributed by atoms with E-state index < -0.39 is 10.0 Å². The van der Waals surface area contributed by atoms with Crippen molar-refractivity contribution in [3.63, 3.8) is 0 Å². The van der Waals surface area contributed by atoms with Gasteiger partial charge in [-0.1, -0.05) is 6.08 Å². The van der Waals surface area contributed by atoms with E-state index in [2.05, 4.69) is 33.2 Å². The van der Waals surface area contributed by atoms with Crippen LogP contribution in [0.1, 0.15) is 44.6 Å². The molecule has 0 saturated heterocycles. The van der Waals surface area contributed by atoms with Crippen molar-refractivity contribution >= 4 is 21.4 Å². The number of nitriles is 1. The first-order valence-corrected chi connectivity index (χ1v) is 11.4. The summed E-state index contributed by atoms with van der Waals surface area (Å²) in [5.41, 5.74) is 2.67. The van der Waals surface area contributed by atoms with E-state index in [1.54, 1.807) is 6.92 Å². The van der Waals surface area contributed by atoms with Crippen LogP contribution in [0.15, 0.2) is 30.5 Å². The van der Waals surface area contributed by atoms with Crippen molar-refractivity contribution in [2.75, 3.05) is 29.1 Å². The molecule has 0 unspecified atom stereocenters. The Hall–Kier alpha value is -2.04. The van der Waals surface area contributed by atoms with Crippen molar-refractivity contribution in [3.05, 3.63) is 36.0 Å². The number of hydrogen-bond donors (Lipinski definition) is 2. The van der Waals surface area contributed by atoms with E-state index in [1.807, 2.05) is 18.3 Å². The molecule has 1 aromatic carbocycles. The fourth-order valence-corrected chi connectivity index (χ4v) is 4.66. The predicted molar refractivity (Wildman–Crippen MR) is 109 cm³/mol. The molecule has 1 heterocycles. The average molecular weight is 389 g/mol. The molecule has 1 saturated carbocycles. The minimum atomic E-state index is -3.11. The maximum absolute atomic E-state index is 11.7. The van der Waals surface area contributed by atoms with Crippen molar-refractivity contribution in [1.29, 1.82) is 5.26 Å². The summed E-state index contributed by atoms with van der Waals surface area (Å²) < 4.78 is 26.2. The summed E-state index contributed by atoms with van der Waals surface area (Å²) in [5, 5.41) is 12.9. The third-order valence-electron chi connectivity index (χ3n) is 5.42. The molecule has 146 valence electrons. The van der Waals surface area contributed by atoms with Crippen LogP contribution in [0.25, 0.3) is 0 Å². The fourth-order valence-electron chi connectivity index (χ4n) is 3.75. The van der Waals surface area contributed by atoms with Crippen LogP contribution >= 0.6 is 0 Å². The summed E-state index contributed by atoms with van der Waals surface area (Å²) >= 11 is 0. The van der Waals surface area contributed by atoms with E-state index in [0.29, 0.717) is 11.5 Å². The minimum Gasteiger partial charge on any atom is -0.385 e. The first-order chi connectivity index (χ1) is 13.0. The zero-order valence-electron chi connectivity index (χ0n) is 15.8. The van der Waals surface area contributed by atoms with E-state index in [9.17, 15) is 13.7 Å². The highest BCUT2D eigenvalue weighted by Gasteiger charge is 2.24. The van der Waals surface area contributed by atoms with Crippen LogP contribution in [-0.4, -0.2) is 33.3 Å². The number of sulfonamides is 1. The Kier molecular flexibility index (Phi) is 6.40. The topological polar surface area (TPSA) is 85.2 Å². The lowest BCUT2D eigenvalue weighted by Gasteiger charge is -2.29. The lowest BCUT2D eigenvalue weighted by Crippen LogP contribution is -2.39. The molecule has 0 amide bonds. The first kappa shape index (κ1) is 19.7. The van der Waals surface area contributed by atoms with Crippen molar-refractivity contribution in [3.8, 4) is 6.07 Å². The lowest BCUT2D eigenvalue weighted by atomic mass is 9.86. The number of nitrogens with one attached hydrogen (secondary N) is 2. The molecule has 0 atom stereocenters. The molecule has 1 aliphatic carbocycles. The van der Waals surface area contributed by atoms with Gasteiger partial charge in [-0.3, -0.25) is 0 Å². The molecule has 6 nitrogen and oxygen atoms in total. The number of benzene rings is 1. The van der Waals surface area contributed by atoms with Gasteiger partial charge in [0.15, 0.2) is 0 Å². The van der Waals surface area contributed by atoms with Gasteiger partial charge in [0.05, 0.1) is 17.0 Å². The van der Waals surface area contributed by atoms with Gasteiger partial charge in [-0.05, 0) is 63.1 Å².